The Kier molecular flexibility index (Phi) is 6.62. The lowest BCUT2D eigenvalue weighted by Crippen LogP contribution is -1.88. The van der Waals surface area contributed by atoms with Gasteiger partial charge >= 0.3 is 0 Å². The molecular weight excluding hydrogens is 244 g/mol. The van der Waals surface area contributed by atoms with E-state index in [-0.39, 0.29) is 0 Å². The van der Waals surface area contributed by atoms with Gasteiger partial charge in [0.05, 0.1) is 17.4 Å². The van der Waals surface area contributed by atoms with Gasteiger partial charge in [-0.2, -0.15) is 0 Å². The van der Waals surface area contributed by atoms with Crippen LogP contribution in [0, 0.1) is 0 Å². The van der Waals surface area contributed by atoms with E-state index in [0.29, 0.717) is 0 Å². The number of hydrogen-bond acceptors (Lipinski definition) is 1. The fourth-order valence-electron chi connectivity index (χ4n) is 2.85. The minimum atomic E-state index is 1.16. The van der Waals surface area contributed by atoms with Crippen LogP contribution in [0.4, 0.5) is 0 Å². The first-order valence-electron chi connectivity index (χ1n) is 8.33. The van der Waals surface area contributed by atoms with E-state index >= 15 is 0 Å². The number of nitrogens with one attached hydrogen (secondary N) is 1. The summed E-state index contributed by atoms with van der Waals surface area (Å²) >= 11 is 0. The van der Waals surface area contributed by atoms with Crippen LogP contribution in [0.15, 0.2) is 24.5 Å². The number of fused-ring (bicyclic) bond motifs is 1. The van der Waals surface area contributed by atoms with Crippen LogP contribution < -0.4 is 0 Å². The maximum absolute atomic E-state index is 4.42. The van der Waals surface area contributed by atoms with E-state index in [0.717, 1.165) is 11.9 Å². The first kappa shape index (κ1) is 15.1. The predicted molar refractivity (Wildman–Crippen MR) is 87.0 cm³/mol. The molecular formula is C18H28N2. The van der Waals surface area contributed by atoms with E-state index in [2.05, 4.69) is 35.1 Å². The first-order chi connectivity index (χ1) is 9.92. The van der Waals surface area contributed by atoms with Crippen LogP contribution in [0.1, 0.15) is 70.3 Å². The highest BCUT2D eigenvalue weighted by Crippen LogP contribution is 2.18. The number of imidazole rings is 1. The Labute approximate surface area is 123 Å². The first-order valence-corrected chi connectivity index (χ1v) is 8.33. The van der Waals surface area contributed by atoms with Gasteiger partial charge in [-0.25, -0.2) is 4.98 Å². The van der Waals surface area contributed by atoms with Crippen molar-refractivity contribution in [1.82, 2.24) is 9.97 Å². The summed E-state index contributed by atoms with van der Waals surface area (Å²) in [5.74, 6) is 0. The maximum atomic E-state index is 4.42. The highest BCUT2D eigenvalue weighted by Gasteiger charge is 2.02. The van der Waals surface area contributed by atoms with Gasteiger partial charge in [0.25, 0.3) is 0 Å². The summed E-state index contributed by atoms with van der Waals surface area (Å²) in [6.45, 7) is 2.28. The molecule has 110 valence electrons. The number of aromatic nitrogens is 2. The number of nitrogens with zero attached hydrogens (tertiary/aromatic N) is 1. The molecule has 0 spiro atoms. The standard InChI is InChI=1S/C18H28N2/c1-2-3-4-5-6-7-8-9-10-12-16-13-11-14-17-18(16)20-15-19-17/h11,13-15H,2-10,12H2,1H3,(H,19,20). The van der Waals surface area contributed by atoms with Gasteiger partial charge in [-0.1, -0.05) is 70.4 Å². The molecule has 0 radical (unpaired) electrons. The average molecular weight is 272 g/mol. The summed E-state index contributed by atoms with van der Waals surface area (Å²) in [4.78, 5) is 7.60. The molecule has 0 aliphatic rings. The third-order valence-corrected chi connectivity index (χ3v) is 4.08. The molecule has 0 saturated carbocycles. The van der Waals surface area contributed by atoms with Gasteiger partial charge in [0.15, 0.2) is 0 Å². The molecule has 1 N–H and O–H groups in total. The van der Waals surface area contributed by atoms with Crippen molar-refractivity contribution in [1.29, 1.82) is 0 Å². The molecule has 0 unspecified atom stereocenters. The molecule has 2 rings (SSSR count). The van der Waals surface area contributed by atoms with Crippen LogP contribution in [-0.4, -0.2) is 9.97 Å². The van der Waals surface area contributed by atoms with E-state index in [1.165, 1.54) is 68.9 Å². The minimum absolute atomic E-state index is 1.16. The molecule has 2 aromatic rings. The van der Waals surface area contributed by atoms with Gasteiger partial charge in [0.1, 0.15) is 0 Å². The number of aromatic amines is 1. The Morgan fingerprint density at radius 1 is 0.900 bits per heavy atom. The topological polar surface area (TPSA) is 28.7 Å². The summed E-state index contributed by atoms with van der Waals surface area (Å²) in [7, 11) is 0. The normalized spacial score (nSPS) is 11.2. The van der Waals surface area contributed by atoms with Gasteiger partial charge < -0.3 is 4.98 Å². The highest BCUT2D eigenvalue weighted by atomic mass is 14.9. The molecule has 20 heavy (non-hydrogen) atoms. The molecule has 0 fully saturated rings. The van der Waals surface area contributed by atoms with Crippen LogP contribution >= 0.6 is 0 Å². The number of rotatable bonds is 10. The minimum Gasteiger partial charge on any atom is -0.345 e. The van der Waals surface area contributed by atoms with Gasteiger partial charge in [0, 0.05) is 0 Å². The largest absolute Gasteiger partial charge is 0.345 e. The molecule has 1 aromatic carbocycles. The summed E-state index contributed by atoms with van der Waals surface area (Å²) in [5.41, 5.74) is 3.72. The van der Waals surface area contributed by atoms with Crippen LogP contribution in [0.2, 0.25) is 0 Å². The molecule has 2 nitrogen and oxygen atoms in total. The lowest BCUT2D eigenvalue weighted by atomic mass is 10.0. The van der Waals surface area contributed by atoms with Gasteiger partial charge in [-0.05, 0) is 24.5 Å². The van der Waals surface area contributed by atoms with Crippen molar-refractivity contribution >= 4 is 11.0 Å². The van der Waals surface area contributed by atoms with Crippen molar-refractivity contribution in [3.8, 4) is 0 Å². The van der Waals surface area contributed by atoms with Crippen molar-refractivity contribution in [2.45, 2.75) is 71.1 Å². The van der Waals surface area contributed by atoms with Crippen molar-refractivity contribution < 1.29 is 0 Å². The number of unbranched alkanes of at least 4 members (excludes halogenated alkanes) is 8. The molecule has 1 heterocycles. The number of hydrogen-bond donors (Lipinski definition) is 1. The molecule has 1 aromatic heterocycles. The zero-order valence-electron chi connectivity index (χ0n) is 12.8. The SMILES string of the molecule is CCCCCCCCCCCc1cccc2[nH]cnc12. The summed E-state index contributed by atoms with van der Waals surface area (Å²) in [5, 5.41) is 0. The summed E-state index contributed by atoms with van der Waals surface area (Å²) < 4.78 is 0. The highest BCUT2D eigenvalue weighted by molar-refractivity contribution is 5.78. The quantitative estimate of drug-likeness (QED) is 0.557. The molecule has 0 atom stereocenters. The molecule has 0 saturated heterocycles. The fraction of sp³-hybridized carbons (Fsp3) is 0.611. The van der Waals surface area contributed by atoms with Crippen LogP contribution in [0.25, 0.3) is 11.0 Å². The Morgan fingerprint density at radius 3 is 2.35 bits per heavy atom. The second kappa shape index (κ2) is 8.78. The number of para-hydroxylation sites is 1. The van der Waals surface area contributed by atoms with Crippen molar-refractivity contribution in [3.63, 3.8) is 0 Å². The third-order valence-electron chi connectivity index (χ3n) is 4.08. The van der Waals surface area contributed by atoms with Crippen molar-refractivity contribution in [2.24, 2.45) is 0 Å². The predicted octanol–water partition coefficient (Wildman–Crippen LogP) is 5.64. The third kappa shape index (κ3) is 4.66. The molecule has 0 aliphatic carbocycles. The summed E-state index contributed by atoms with van der Waals surface area (Å²) in [6, 6.07) is 6.44. The van der Waals surface area contributed by atoms with Gasteiger partial charge in [-0.15, -0.1) is 0 Å². The molecule has 0 aliphatic heterocycles. The van der Waals surface area contributed by atoms with Crippen molar-refractivity contribution in [3.05, 3.63) is 30.1 Å². The van der Waals surface area contributed by atoms with Crippen molar-refractivity contribution in [2.75, 3.05) is 0 Å². The number of benzene rings is 1. The zero-order valence-corrected chi connectivity index (χ0v) is 12.8. The fourth-order valence-corrected chi connectivity index (χ4v) is 2.85. The average Bonchev–Trinajstić information content (AvgIpc) is 2.95. The second-order valence-corrected chi connectivity index (χ2v) is 5.79. The van der Waals surface area contributed by atoms with Gasteiger partial charge in [0.2, 0.25) is 0 Å². The Bertz CT molecular complexity index is 487. The lowest BCUT2D eigenvalue weighted by molar-refractivity contribution is 0.565. The lowest BCUT2D eigenvalue weighted by Gasteiger charge is -2.03. The number of aryl methyl sites for hydroxylation is 1. The van der Waals surface area contributed by atoms with E-state index in [1.54, 1.807) is 6.33 Å². The Morgan fingerprint density at radius 2 is 1.60 bits per heavy atom. The Balaban J connectivity index is 1.58. The summed E-state index contributed by atoms with van der Waals surface area (Å²) in [6.07, 6.45) is 15.5. The smallest absolute Gasteiger partial charge is 0.0931 e. The van der Waals surface area contributed by atoms with Gasteiger partial charge in [-0.3, -0.25) is 0 Å². The molecule has 2 heteroatoms. The van der Waals surface area contributed by atoms with Crippen LogP contribution in [-0.2, 0) is 6.42 Å². The molecule has 0 bridgehead atoms. The van der Waals surface area contributed by atoms with E-state index in [9.17, 15) is 0 Å². The second-order valence-electron chi connectivity index (χ2n) is 5.79. The van der Waals surface area contributed by atoms with Crippen LogP contribution in [0.3, 0.4) is 0 Å². The molecule has 0 amide bonds. The number of H-pyrrole nitrogens is 1. The zero-order chi connectivity index (χ0) is 14.0. The maximum Gasteiger partial charge on any atom is 0.0931 e. The van der Waals surface area contributed by atoms with Crippen LogP contribution in [0.5, 0.6) is 0 Å². The van der Waals surface area contributed by atoms with E-state index < -0.39 is 0 Å². The Hall–Kier alpha value is -1.31. The van der Waals surface area contributed by atoms with E-state index in [1.807, 2.05) is 0 Å². The monoisotopic (exact) mass is 272 g/mol. The van der Waals surface area contributed by atoms with E-state index in [4.69, 9.17) is 0 Å².